The lowest BCUT2D eigenvalue weighted by Gasteiger charge is -2.07. The molecular formula is C13H13ClO2. The summed E-state index contributed by atoms with van der Waals surface area (Å²) in [7, 11) is 0. The zero-order valence-electron chi connectivity index (χ0n) is 8.88. The molecule has 84 valence electrons. The molecule has 0 saturated heterocycles. The number of hydrogen-bond donors (Lipinski definition) is 1. The number of aliphatic carboxylic acids is 1. The van der Waals surface area contributed by atoms with Crippen LogP contribution in [0.3, 0.4) is 0 Å². The molecule has 3 heteroatoms. The lowest BCUT2D eigenvalue weighted by atomic mass is 9.98. The fraction of sp³-hybridized carbons (Fsp3) is 0.154. The van der Waals surface area contributed by atoms with E-state index in [1.54, 1.807) is 6.92 Å². The monoisotopic (exact) mass is 236 g/mol. The lowest BCUT2D eigenvalue weighted by molar-refractivity contribution is -0.138. The van der Waals surface area contributed by atoms with Gasteiger partial charge in [-0.1, -0.05) is 42.5 Å². The van der Waals surface area contributed by atoms with Crippen LogP contribution in [0.15, 0.2) is 42.5 Å². The van der Waals surface area contributed by atoms with Crippen LogP contribution in [0.4, 0.5) is 0 Å². The highest BCUT2D eigenvalue weighted by molar-refractivity contribution is 5.85. The van der Waals surface area contributed by atoms with Crippen LogP contribution in [0.25, 0.3) is 10.8 Å². The van der Waals surface area contributed by atoms with Gasteiger partial charge in [-0.05, 0) is 23.3 Å². The van der Waals surface area contributed by atoms with Crippen molar-refractivity contribution in [3.05, 3.63) is 48.0 Å². The summed E-state index contributed by atoms with van der Waals surface area (Å²) in [6.07, 6.45) is 0. The molecule has 0 aliphatic carbocycles. The van der Waals surface area contributed by atoms with Crippen LogP contribution in [-0.4, -0.2) is 11.1 Å². The van der Waals surface area contributed by atoms with Crippen LogP contribution in [-0.2, 0) is 4.79 Å². The molecule has 0 heterocycles. The maximum atomic E-state index is 10.8. The largest absolute Gasteiger partial charge is 0.481 e. The maximum Gasteiger partial charge on any atom is 0.310 e. The van der Waals surface area contributed by atoms with Crippen molar-refractivity contribution in [2.24, 2.45) is 0 Å². The van der Waals surface area contributed by atoms with Gasteiger partial charge in [0.25, 0.3) is 0 Å². The van der Waals surface area contributed by atoms with E-state index in [4.69, 9.17) is 5.11 Å². The second-order valence-electron chi connectivity index (χ2n) is 3.67. The number of halogens is 1. The van der Waals surface area contributed by atoms with Crippen LogP contribution in [0.1, 0.15) is 18.4 Å². The second kappa shape index (κ2) is 4.99. The van der Waals surface area contributed by atoms with Crippen LogP contribution in [0.5, 0.6) is 0 Å². The standard InChI is InChI=1S/C13H12O2.ClH/c1-9(13(14)15)11-7-6-10-4-2-3-5-12(10)8-11;/h2-9H,1H3,(H,14,15);1H. The Hall–Kier alpha value is -1.54. The minimum absolute atomic E-state index is 0. The normalized spacial score (nSPS) is 11.8. The van der Waals surface area contributed by atoms with Crippen LogP contribution in [0.2, 0.25) is 0 Å². The van der Waals surface area contributed by atoms with Gasteiger partial charge in [-0.15, -0.1) is 12.4 Å². The van der Waals surface area contributed by atoms with E-state index in [9.17, 15) is 4.79 Å². The van der Waals surface area contributed by atoms with Crippen molar-refractivity contribution in [2.45, 2.75) is 12.8 Å². The first-order chi connectivity index (χ1) is 7.18. The van der Waals surface area contributed by atoms with Gasteiger partial charge in [0.05, 0.1) is 5.92 Å². The first-order valence-corrected chi connectivity index (χ1v) is 4.90. The van der Waals surface area contributed by atoms with E-state index >= 15 is 0 Å². The summed E-state index contributed by atoms with van der Waals surface area (Å²) in [4.78, 5) is 10.8. The fourth-order valence-electron chi connectivity index (χ4n) is 1.62. The summed E-state index contributed by atoms with van der Waals surface area (Å²) >= 11 is 0. The van der Waals surface area contributed by atoms with Crippen molar-refractivity contribution in [1.29, 1.82) is 0 Å². The molecule has 2 rings (SSSR count). The van der Waals surface area contributed by atoms with Crippen LogP contribution < -0.4 is 0 Å². The van der Waals surface area contributed by atoms with Gasteiger partial charge in [0.2, 0.25) is 0 Å². The van der Waals surface area contributed by atoms with Gasteiger partial charge in [-0.2, -0.15) is 0 Å². The Kier molecular flexibility index (Phi) is 3.91. The molecule has 16 heavy (non-hydrogen) atoms. The molecule has 0 spiro atoms. The third kappa shape index (κ3) is 2.34. The number of rotatable bonds is 2. The highest BCUT2D eigenvalue weighted by Gasteiger charge is 2.13. The average Bonchev–Trinajstić information content (AvgIpc) is 2.27. The van der Waals surface area contributed by atoms with E-state index in [-0.39, 0.29) is 12.4 Å². The quantitative estimate of drug-likeness (QED) is 0.867. The summed E-state index contributed by atoms with van der Waals surface area (Å²) in [5, 5.41) is 11.1. The third-order valence-electron chi connectivity index (χ3n) is 2.64. The molecule has 1 N–H and O–H groups in total. The van der Waals surface area contributed by atoms with Crippen molar-refractivity contribution in [3.63, 3.8) is 0 Å². The molecule has 1 unspecified atom stereocenters. The molecule has 2 nitrogen and oxygen atoms in total. The molecule has 0 bridgehead atoms. The lowest BCUT2D eigenvalue weighted by Crippen LogP contribution is -2.06. The zero-order chi connectivity index (χ0) is 10.8. The summed E-state index contributed by atoms with van der Waals surface area (Å²) in [5.74, 6) is -1.24. The number of benzene rings is 2. The first-order valence-electron chi connectivity index (χ1n) is 4.90. The zero-order valence-corrected chi connectivity index (χ0v) is 9.70. The molecule has 0 fully saturated rings. The average molecular weight is 237 g/mol. The second-order valence-corrected chi connectivity index (χ2v) is 3.67. The topological polar surface area (TPSA) is 37.3 Å². The number of fused-ring (bicyclic) bond motifs is 1. The Labute approximate surface area is 100 Å². The number of carboxylic acids is 1. The van der Waals surface area contributed by atoms with Gasteiger partial charge in [-0.25, -0.2) is 0 Å². The minimum Gasteiger partial charge on any atom is -0.481 e. The smallest absolute Gasteiger partial charge is 0.310 e. The van der Waals surface area contributed by atoms with E-state index in [1.165, 1.54) is 0 Å². The molecule has 2 aromatic carbocycles. The van der Waals surface area contributed by atoms with Crippen LogP contribution in [0, 0.1) is 0 Å². The van der Waals surface area contributed by atoms with Gasteiger partial charge in [0.15, 0.2) is 0 Å². The maximum absolute atomic E-state index is 10.8. The van der Waals surface area contributed by atoms with Gasteiger partial charge in [-0.3, -0.25) is 4.79 Å². The minimum atomic E-state index is -0.787. The molecule has 0 saturated carbocycles. The number of carboxylic acid groups (broad SMARTS) is 1. The number of hydrogen-bond acceptors (Lipinski definition) is 1. The summed E-state index contributed by atoms with van der Waals surface area (Å²) < 4.78 is 0. The van der Waals surface area contributed by atoms with Crippen molar-refractivity contribution in [3.8, 4) is 0 Å². The molecular weight excluding hydrogens is 224 g/mol. The summed E-state index contributed by atoms with van der Waals surface area (Å²) in [5.41, 5.74) is 0.848. The predicted molar refractivity (Wildman–Crippen MR) is 67.2 cm³/mol. The fourth-order valence-corrected chi connectivity index (χ4v) is 1.62. The van der Waals surface area contributed by atoms with Crippen molar-refractivity contribution in [1.82, 2.24) is 0 Å². The molecule has 0 aliphatic rings. The number of carbonyl (C=O) groups is 1. The molecule has 0 amide bonds. The molecule has 1 atom stereocenters. The van der Waals surface area contributed by atoms with Crippen molar-refractivity contribution < 1.29 is 9.90 Å². The van der Waals surface area contributed by atoms with Gasteiger partial charge < -0.3 is 5.11 Å². The van der Waals surface area contributed by atoms with Crippen LogP contribution >= 0.6 is 12.4 Å². The summed E-state index contributed by atoms with van der Waals surface area (Å²) in [6, 6.07) is 13.7. The third-order valence-corrected chi connectivity index (χ3v) is 2.64. The highest BCUT2D eigenvalue weighted by Crippen LogP contribution is 2.21. The Morgan fingerprint density at radius 2 is 1.75 bits per heavy atom. The molecule has 0 aliphatic heterocycles. The van der Waals surface area contributed by atoms with E-state index in [1.807, 2.05) is 42.5 Å². The Morgan fingerprint density at radius 1 is 1.12 bits per heavy atom. The van der Waals surface area contributed by atoms with E-state index in [2.05, 4.69) is 0 Å². The Morgan fingerprint density at radius 3 is 2.38 bits per heavy atom. The summed E-state index contributed by atoms with van der Waals surface area (Å²) in [6.45, 7) is 1.70. The molecule has 2 aromatic rings. The predicted octanol–water partition coefficient (Wildman–Crippen LogP) is 3.45. The van der Waals surface area contributed by atoms with Gasteiger partial charge in [0, 0.05) is 0 Å². The van der Waals surface area contributed by atoms with Crippen molar-refractivity contribution in [2.75, 3.05) is 0 Å². The van der Waals surface area contributed by atoms with E-state index in [0.717, 1.165) is 16.3 Å². The van der Waals surface area contributed by atoms with Gasteiger partial charge >= 0.3 is 5.97 Å². The molecule has 0 radical (unpaired) electrons. The molecule has 0 aromatic heterocycles. The van der Waals surface area contributed by atoms with E-state index in [0.29, 0.717) is 0 Å². The van der Waals surface area contributed by atoms with Gasteiger partial charge in [0.1, 0.15) is 0 Å². The van der Waals surface area contributed by atoms with Crippen molar-refractivity contribution >= 4 is 29.1 Å². The Balaban J connectivity index is 0.00000128. The highest BCUT2D eigenvalue weighted by atomic mass is 35.5. The Bertz CT molecular complexity index is 508. The first kappa shape index (κ1) is 12.5. The van der Waals surface area contributed by atoms with E-state index < -0.39 is 11.9 Å². The SMILES string of the molecule is CC(C(=O)O)c1ccc2ccccc2c1.Cl.